The Morgan fingerprint density at radius 3 is 2.11 bits per heavy atom. The van der Waals surface area contributed by atoms with Crippen LogP contribution in [0.3, 0.4) is 0 Å². The van der Waals surface area contributed by atoms with E-state index in [1.165, 1.54) is 70.0 Å². The molecular formula is C24H34N2O. The average molecular weight is 367 g/mol. The summed E-state index contributed by atoms with van der Waals surface area (Å²) in [7, 11) is 0. The van der Waals surface area contributed by atoms with E-state index in [4.69, 9.17) is 0 Å². The Balaban J connectivity index is 1.21. The van der Waals surface area contributed by atoms with Gasteiger partial charge in [0.05, 0.1) is 0 Å². The summed E-state index contributed by atoms with van der Waals surface area (Å²) in [5.41, 5.74) is 2.27. The Hall–Kier alpha value is -1.35. The van der Waals surface area contributed by atoms with Crippen molar-refractivity contribution in [3.8, 4) is 0 Å². The number of nitrogens with one attached hydrogen (secondary N) is 1. The van der Waals surface area contributed by atoms with Gasteiger partial charge in [-0.2, -0.15) is 0 Å². The van der Waals surface area contributed by atoms with Crippen molar-refractivity contribution >= 4 is 5.91 Å². The third-order valence-corrected chi connectivity index (χ3v) is 7.92. The molecule has 1 aromatic carbocycles. The minimum Gasteiger partial charge on any atom is -0.347 e. The summed E-state index contributed by atoms with van der Waals surface area (Å²) in [4.78, 5) is 15.5. The molecule has 4 aliphatic carbocycles. The fraction of sp³-hybridized carbons (Fsp3) is 0.708. The van der Waals surface area contributed by atoms with Crippen LogP contribution in [0.2, 0.25) is 0 Å². The van der Waals surface area contributed by atoms with Gasteiger partial charge in [0.15, 0.2) is 0 Å². The topological polar surface area (TPSA) is 32.3 Å². The van der Waals surface area contributed by atoms with Gasteiger partial charge in [-0.1, -0.05) is 19.1 Å². The van der Waals surface area contributed by atoms with Gasteiger partial charge in [0, 0.05) is 17.6 Å². The summed E-state index contributed by atoms with van der Waals surface area (Å²) >= 11 is 0. The van der Waals surface area contributed by atoms with Crippen LogP contribution in [0, 0.1) is 23.7 Å². The van der Waals surface area contributed by atoms with Gasteiger partial charge in [-0.3, -0.25) is 9.69 Å². The summed E-state index contributed by atoms with van der Waals surface area (Å²) < 4.78 is 0. The van der Waals surface area contributed by atoms with Gasteiger partial charge in [0.25, 0.3) is 5.91 Å². The van der Waals surface area contributed by atoms with Crippen LogP contribution in [-0.2, 0) is 6.54 Å². The Labute approximate surface area is 163 Å². The molecule has 1 heterocycles. The monoisotopic (exact) mass is 366 g/mol. The number of carbonyl (C=O) groups is 1. The molecular weight excluding hydrogens is 332 g/mol. The van der Waals surface area contributed by atoms with E-state index in [-0.39, 0.29) is 11.4 Å². The number of rotatable bonds is 4. The zero-order valence-electron chi connectivity index (χ0n) is 16.8. The molecule has 0 unspecified atom stereocenters. The maximum Gasteiger partial charge on any atom is 0.251 e. The van der Waals surface area contributed by atoms with E-state index in [1.54, 1.807) is 0 Å². The van der Waals surface area contributed by atoms with Crippen molar-refractivity contribution in [2.75, 3.05) is 13.1 Å². The summed E-state index contributed by atoms with van der Waals surface area (Å²) in [5, 5.41) is 3.50. The highest BCUT2D eigenvalue weighted by Gasteiger charge is 2.51. The lowest BCUT2D eigenvalue weighted by Crippen LogP contribution is -2.59. The maximum absolute atomic E-state index is 12.9. The second-order valence-corrected chi connectivity index (χ2v) is 10.3. The van der Waals surface area contributed by atoms with Crippen molar-refractivity contribution in [2.24, 2.45) is 23.7 Å². The Morgan fingerprint density at radius 2 is 1.56 bits per heavy atom. The quantitative estimate of drug-likeness (QED) is 0.843. The molecule has 6 rings (SSSR count). The van der Waals surface area contributed by atoms with Crippen LogP contribution in [0.25, 0.3) is 0 Å². The van der Waals surface area contributed by atoms with E-state index in [1.807, 2.05) is 12.1 Å². The van der Waals surface area contributed by atoms with Crippen LogP contribution in [-0.4, -0.2) is 29.4 Å². The van der Waals surface area contributed by atoms with Gasteiger partial charge < -0.3 is 5.32 Å². The molecule has 1 amide bonds. The molecule has 0 radical (unpaired) electrons. The lowest BCUT2D eigenvalue weighted by molar-refractivity contribution is -0.0167. The molecule has 5 fully saturated rings. The Kier molecular flexibility index (Phi) is 4.54. The molecule has 0 aromatic heterocycles. The van der Waals surface area contributed by atoms with Crippen molar-refractivity contribution in [1.82, 2.24) is 10.2 Å². The second-order valence-electron chi connectivity index (χ2n) is 10.3. The molecule has 1 N–H and O–H groups in total. The number of hydrogen-bond acceptors (Lipinski definition) is 2. The van der Waals surface area contributed by atoms with Gasteiger partial charge in [0.2, 0.25) is 0 Å². The smallest absolute Gasteiger partial charge is 0.251 e. The minimum atomic E-state index is 0.106. The van der Waals surface area contributed by atoms with E-state index >= 15 is 0 Å². The lowest BCUT2D eigenvalue weighted by atomic mass is 9.53. The predicted molar refractivity (Wildman–Crippen MR) is 108 cm³/mol. The first-order valence-corrected chi connectivity index (χ1v) is 11.2. The molecule has 1 aliphatic heterocycles. The Bertz CT molecular complexity index is 652. The standard InChI is InChI=1S/C24H34N2O/c1-17-6-8-26(9-7-17)16-18-2-4-22(5-3-18)23(27)25-24-13-19-10-20(14-24)12-21(11-19)15-24/h2-5,17,19-21H,6-16H2,1H3,(H,25,27). The minimum absolute atomic E-state index is 0.106. The fourth-order valence-corrected chi connectivity index (χ4v) is 6.82. The molecule has 146 valence electrons. The zero-order chi connectivity index (χ0) is 18.4. The lowest BCUT2D eigenvalue weighted by Gasteiger charge is -2.56. The maximum atomic E-state index is 12.9. The summed E-state index contributed by atoms with van der Waals surface area (Å²) in [6.45, 7) is 5.78. The van der Waals surface area contributed by atoms with Gasteiger partial charge in [-0.25, -0.2) is 0 Å². The van der Waals surface area contributed by atoms with Gasteiger partial charge in [0.1, 0.15) is 0 Å². The molecule has 0 spiro atoms. The van der Waals surface area contributed by atoms with Crippen LogP contribution in [0.15, 0.2) is 24.3 Å². The summed E-state index contributed by atoms with van der Waals surface area (Å²) in [5.74, 6) is 3.62. The molecule has 5 aliphatic rings. The van der Waals surface area contributed by atoms with E-state index in [2.05, 4.69) is 29.3 Å². The third kappa shape index (κ3) is 3.68. The first-order valence-electron chi connectivity index (χ1n) is 11.2. The molecule has 1 aromatic rings. The molecule has 4 saturated carbocycles. The molecule has 0 atom stereocenters. The highest BCUT2D eigenvalue weighted by atomic mass is 16.1. The number of piperidine rings is 1. The molecule has 3 heteroatoms. The number of carbonyl (C=O) groups excluding carboxylic acids is 1. The van der Waals surface area contributed by atoms with Crippen molar-refractivity contribution < 1.29 is 4.79 Å². The van der Waals surface area contributed by atoms with Crippen LogP contribution in [0.4, 0.5) is 0 Å². The summed E-state index contributed by atoms with van der Waals surface area (Å²) in [6, 6.07) is 8.40. The van der Waals surface area contributed by atoms with Crippen LogP contribution < -0.4 is 5.32 Å². The zero-order valence-corrected chi connectivity index (χ0v) is 16.8. The molecule has 4 bridgehead atoms. The predicted octanol–water partition coefficient (Wildman–Crippen LogP) is 4.62. The van der Waals surface area contributed by atoms with Gasteiger partial charge in [-0.15, -0.1) is 0 Å². The van der Waals surface area contributed by atoms with E-state index in [0.717, 1.165) is 35.8 Å². The molecule has 1 saturated heterocycles. The fourth-order valence-electron chi connectivity index (χ4n) is 6.82. The number of hydrogen-bond donors (Lipinski definition) is 1. The Morgan fingerprint density at radius 1 is 1.00 bits per heavy atom. The SMILES string of the molecule is CC1CCN(Cc2ccc(C(=O)NC34CC5CC(CC(C5)C3)C4)cc2)CC1. The van der Waals surface area contributed by atoms with Crippen molar-refractivity contribution in [3.05, 3.63) is 35.4 Å². The number of nitrogens with zero attached hydrogens (tertiary/aromatic N) is 1. The molecule has 3 nitrogen and oxygen atoms in total. The average Bonchev–Trinajstić information content (AvgIpc) is 2.63. The largest absolute Gasteiger partial charge is 0.347 e. The van der Waals surface area contributed by atoms with Gasteiger partial charge >= 0.3 is 0 Å². The first-order chi connectivity index (χ1) is 13.1. The second kappa shape index (κ2) is 6.92. The highest BCUT2D eigenvalue weighted by Crippen LogP contribution is 2.55. The van der Waals surface area contributed by atoms with E-state index < -0.39 is 0 Å². The first kappa shape index (κ1) is 17.7. The van der Waals surface area contributed by atoms with Crippen molar-refractivity contribution in [1.29, 1.82) is 0 Å². The number of likely N-dealkylation sites (tertiary alicyclic amines) is 1. The summed E-state index contributed by atoms with van der Waals surface area (Å²) in [6.07, 6.45) is 10.5. The normalized spacial score (nSPS) is 36.1. The third-order valence-electron chi connectivity index (χ3n) is 7.92. The van der Waals surface area contributed by atoms with Crippen molar-refractivity contribution in [3.63, 3.8) is 0 Å². The van der Waals surface area contributed by atoms with E-state index in [0.29, 0.717) is 0 Å². The van der Waals surface area contributed by atoms with Crippen LogP contribution in [0.5, 0.6) is 0 Å². The van der Waals surface area contributed by atoms with Crippen LogP contribution >= 0.6 is 0 Å². The number of benzene rings is 1. The van der Waals surface area contributed by atoms with Crippen LogP contribution in [0.1, 0.15) is 74.2 Å². The van der Waals surface area contributed by atoms with E-state index in [9.17, 15) is 4.79 Å². The van der Waals surface area contributed by atoms with Crippen molar-refractivity contribution in [2.45, 2.75) is 70.4 Å². The number of amides is 1. The molecule has 27 heavy (non-hydrogen) atoms. The highest BCUT2D eigenvalue weighted by molar-refractivity contribution is 5.94. The van der Waals surface area contributed by atoms with Gasteiger partial charge in [-0.05, 0) is 106 Å².